The Kier molecular flexibility index (Phi) is 3.13. The maximum Gasteiger partial charge on any atom is 0.388 e. The van der Waals surface area contributed by atoms with Crippen molar-refractivity contribution in [1.29, 1.82) is 0 Å². The highest BCUT2D eigenvalue weighted by Crippen LogP contribution is 2.50. The van der Waals surface area contributed by atoms with Gasteiger partial charge in [-0.3, -0.25) is 0 Å². The van der Waals surface area contributed by atoms with E-state index in [2.05, 4.69) is 12.3 Å². The second-order valence-corrected chi connectivity index (χ2v) is 4.41. The molecule has 0 aromatic carbocycles. The largest absolute Gasteiger partial charge is 0.388 e. The molecule has 8 heavy (non-hydrogen) atoms. The predicted octanol–water partition coefficient (Wildman–Crippen LogP) is 1.11. The van der Waals surface area contributed by atoms with E-state index in [1.165, 1.54) is 0 Å². The van der Waals surface area contributed by atoms with Crippen molar-refractivity contribution >= 4 is 18.2 Å². The van der Waals surface area contributed by atoms with Gasteiger partial charge >= 0.3 is 6.80 Å². The van der Waals surface area contributed by atoms with E-state index < -0.39 is 6.80 Å². The van der Waals surface area contributed by atoms with E-state index in [1.54, 1.807) is 0 Å². The quantitative estimate of drug-likeness (QED) is 0.459. The summed E-state index contributed by atoms with van der Waals surface area (Å²) in [6, 6.07) is 0. The van der Waals surface area contributed by atoms with Crippen molar-refractivity contribution in [2.75, 3.05) is 0 Å². The van der Waals surface area contributed by atoms with Crippen LogP contribution in [0.5, 0.6) is 0 Å². The van der Waals surface area contributed by atoms with Crippen molar-refractivity contribution in [3.8, 4) is 0 Å². The van der Waals surface area contributed by atoms with Crippen LogP contribution in [0.2, 0.25) is 0 Å². The molecule has 0 aliphatic heterocycles. The lowest BCUT2D eigenvalue weighted by Gasteiger charge is -1.92. The van der Waals surface area contributed by atoms with Crippen LogP contribution >= 0.6 is 18.2 Å². The van der Waals surface area contributed by atoms with Crippen LogP contribution in [0.4, 0.5) is 0 Å². The lowest BCUT2D eigenvalue weighted by Crippen LogP contribution is -1.62. The summed E-state index contributed by atoms with van der Waals surface area (Å²) < 4.78 is 9.95. The molecular formula is C3H5O3PS. The molecule has 0 rings (SSSR count). The third kappa shape index (κ3) is 6.02. The van der Waals surface area contributed by atoms with E-state index in [0.29, 0.717) is 11.4 Å². The van der Waals surface area contributed by atoms with Gasteiger partial charge in [-0.2, -0.15) is 0 Å². The fourth-order valence-corrected chi connectivity index (χ4v) is 0.953. The lowest BCUT2D eigenvalue weighted by molar-refractivity contribution is 0.397. The van der Waals surface area contributed by atoms with E-state index in [4.69, 9.17) is 9.79 Å². The Balaban J connectivity index is 3.74. The summed E-state index contributed by atoms with van der Waals surface area (Å²) in [4.78, 5) is 16.2. The average molecular weight is 152 g/mol. The topological polar surface area (TPSA) is 57.5 Å². The van der Waals surface area contributed by atoms with Gasteiger partial charge in [-0.25, -0.2) is 4.57 Å². The van der Waals surface area contributed by atoms with Crippen molar-refractivity contribution in [1.82, 2.24) is 0 Å². The van der Waals surface area contributed by atoms with Gasteiger partial charge in [0.25, 0.3) is 0 Å². The van der Waals surface area contributed by atoms with E-state index >= 15 is 0 Å². The molecule has 5 heteroatoms. The van der Waals surface area contributed by atoms with Gasteiger partial charge in [0, 0.05) is 5.41 Å². The molecule has 0 spiro atoms. The van der Waals surface area contributed by atoms with Crippen molar-refractivity contribution in [3.63, 3.8) is 0 Å². The third-order valence-corrected chi connectivity index (χ3v) is 1.96. The SMILES string of the molecule is C=C=CSP(=O)(O)O. The van der Waals surface area contributed by atoms with Gasteiger partial charge in [-0.1, -0.05) is 6.58 Å². The molecule has 0 aliphatic rings. The first kappa shape index (κ1) is 8.02. The maximum atomic E-state index is 9.95. The van der Waals surface area contributed by atoms with Crippen LogP contribution in [0, 0.1) is 0 Å². The average Bonchev–Trinajstić information content (AvgIpc) is 1.59. The zero-order valence-corrected chi connectivity index (χ0v) is 5.65. The summed E-state index contributed by atoms with van der Waals surface area (Å²) in [6.07, 6.45) is 0. The molecule has 46 valence electrons. The molecule has 0 fully saturated rings. The van der Waals surface area contributed by atoms with Crippen LogP contribution < -0.4 is 0 Å². The van der Waals surface area contributed by atoms with Crippen molar-refractivity contribution in [2.45, 2.75) is 0 Å². The smallest absolute Gasteiger partial charge is 0.316 e. The van der Waals surface area contributed by atoms with Gasteiger partial charge in [0.05, 0.1) is 0 Å². The highest BCUT2D eigenvalue weighted by molar-refractivity contribution is 8.56. The molecule has 0 saturated heterocycles. The van der Waals surface area contributed by atoms with E-state index in [0.717, 1.165) is 5.41 Å². The molecule has 2 N–H and O–H groups in total. The molecule has 0 radical (unpaired) electrons. The number of rotatable bonds is 2. The summed E-state index contributed by atoms with van der Waals surface area (Å²) in [5.74, 6) is 0. The number of hydrogen-bond acceptors (Lipinski definition) is 2. The van der Waals surface area contributed by atoms with E-state index in [9.17, 15) is 4.57 Å². The summed E-state index contributed by atoms with van der Waals surface area (Å²) >= 11 is 0.402. The fraction of sp³-hybridized carbons (Fsp3) is 0. The molecule has 0 aromatic heterocycles. The third-order valence-electron chi connectivity index (χ3n) is 0.273. The molecule has 0 heterocycles. The number of hydrogen-bond donors (Lipinski definition) is 2. The molecule has 0 saturated carbocycles. The summed E-state index contributed by atoms with van der Waals surface area (Å²) in [7, 11) is 0. The fourth-order valence-electron chi connectivity index (χ4n) is 0.106. The molecule has 0 aromatic rings. The lowest BCUT2D eigenvalue weighted by atomic mass is 11.0. The second kappa shape index (κ2) is 3.13. The van der Waals surface area contributed by atoms with Crippen LogP contribution in [0.3, 0.4) is 0 Å². The molecule has 0 aliphatic carbocycles. The molecule has 0 atom stereocenters. The van der Waals surface area contributed by atoms with Gasteiger partial charge in [0.15, 0.2) is 0 Å². The Morgan fingerprint density at radius 1 is 1.75 bits per heavy atom. The molecular weight excluding hydrogens is 147 g/mol. The van der Waals surface area contributed by atoms with Crippen molar-refractivity contribution < 1.29 is 14.4 Å². The Bertz CT molecular complexity index is 154. The predicted molar refractivity (Wildman–Crippen MR) is 33.3 cm³/mol. The van der Waals surface area contributed by atoms with Crippen molar-refractivity contribution in [2.24, 2.45) is 0 Å². The zero-order chi connectivity index (χ0) is 6.62. The van der Waals surface area contributed by atoms with Crippen LogP contribution in [0.1, 0.15) is 0 Å². The highest BCUT2D eigenvalue weighted by atomic mass is 32.7. The van der Waals surface area contributed by atoms with E-state index in [1.807, 2.05) is 0 Å². The van der Waals surface area contributed by atoms with Crippen LogP contribution in [-0.4, -0.2) is 9.79 Å². The monoisotopic (exact) mass is 152 g/mol. The van der Waals surface area contributed by atoms with Crippen LogP contribution in [-0.2, 0) is 4.57 Å². The molecule has 0 bridgehead atoms. The Morgan fingerprint density at radius 3 is 2.38 bits per heavy atom. The normalized spacial score (nSPS) is 10.2. The van der Waals surface area contributed by atoms with Gasteiger partial charge in [-0.05, 0) is 11.4 Å². The molecule has 0 unspecified atom stereocenters. The minimum Gasteiger partial charge on any atom is -0.316 e. The van der Waals surface area contributed by atoms with Gasteiger partial charge in [-0.15, -0.1) is 5.73 Å². The van der Waals surface area contributed by atoms with Crippen LogP contribution in [0.25, 0.3) is 0 Å². The minimum atomic E-state index is -3.92. The standard InChI is InChI=1S/C3H5O3PS/c1-2-3-8-7(4,5)6/h3H,1H2,(H2,4,5,6). The summed E-state index contributed by atoms with van der Waals surface area (Å²) in [5, 5.41) is 1.13. The Hall–Kier alpha value is 0.0200. The minimum absolute atomic E-state index is 0.402. The first-order valence-corrected chi connectivity index (χ1v) is 4.74. The summed E-state index contributed by atoms with van der Waals surface area (Å²) in [6.45, 7) is -0.805. The zero-order valence-electron chi connectivity index (χ0n) is 3.94. The molecule has 3 nitrogen and oxygen atoms in total. The maximum absolute atomic E-state index is 9.95. The Morgan fingerprint density at radius 2 is 2.25 bits per heavy atom. The highest BCUT2D eigenvalue weighted by Gasteiger charge is 2.09. The Labute approximate surface area is 51.0 Å². The first-order chi connectivity index (χ1) is 3.56. The molecule has 0 amide bonds. The second-order valence-electron chi connectivity index (χ2n) is 0.918. The first-order valence-electron chi connectivity index (χ1n) is 1.64. The van der Waals surface area contributed by atoms with Crippen LogP contribution in [0.15, 0.2) is 17.7 Å². The summed E-state index contributed by atoms with van der Waals surface area (Å²) in [5.41, 5.74) is 2.22. The van der Waals surface area contributed by atoms with Gasteiger partial charge in [0.2, 0.25) is 0 Å². The van der Waals surface area contributed by atoms with Gasteiger partial charge < -0.3 is 9.79 Å². The van der Waals surface area contributed by atoms with Crippen molar-refractivity contribution in [3.05, 3.63) is 17.7 Å². The van der Waals surface area contributed by atoms with E-state index in [-0.39, 0.29) is 0 Å². The van der Waals surface area contributed by atoms with Gasteiger partial charge in [0.1, 0.15) is 0 Å².